The number of likely N-dealkylation sites (tertiary alicyclic amines) is 1. The smallest absolute Gasteiger partial charge is 0.295 e. The molecule has 1 atom stereocenters. The van der Waals surface area contributed by atoms with Crippen molar-refractivity contribution in [2.24, 2.45) is 0 Å². The monoisotopic (exact) mass is 436 g/mol. The summed E-state index contributed by atoms with van der Waals surface area (Å²) in [6.07, 6.45) is 2.31. The van der Waals surface area contributed by atoms with Crippen molar-refractivity contribution in [1.82, 2.24) is 19.2 Å². The Morgan fingerprint density at radius 3 is 2.59 bits per heavy atom. The first-order valence-electron chi connectivity index (χ1n) is 10.4. The SMILES string of the molecule is Cc1nc2ccccn2c1/C(O)=C1\C(=O)C(=O)N(CCCN(C)C)[C@@H]1c1ccccc1F. The Morgan fingerprint density at radius 1 is 1.16 bits per heavy atom. The van der Waals surface area contributed by atoms with E-state index in [9.17, 15) is 19.1 Å². The predicted octanol–water partition coefficient (Wildman–Crippen LogP) is 3.16. The molecule has 0 bridgehead atoms. The molecule has 0 aliphatic carbocycles. The van der Waals surface area contributed by atoms with Crippen LogP contribution < -0.4 is 0 Å². The number of benzene rings is 1. The van der Waals surface area contributed by atoms with Gasteiger partial charge in [-0.3, -0.25) is 14.0 Å². The molecule has 3 aromatic rings. The summed E-state index contributed by atoms with van der Waals surface area (Å²) in [5, 5.41) is 11.3. The third-order valence-electron chi connectivity index (χ3n) is 5.67. The van der Waals surface area contributed by atoms with E-state index in [-0.39, 0.29) is 23.4 Å². The Kier molecular flexibility index (Phi) is 5.80. The number of aliphatic hydroxyl groups is 1. The van der Waals surface area contributed by atoms with Crippen LogP contribution in [0.1, 0.15) is 29.4 Å². The number of Topliss-reactive ketones (excluding diaryl/α,β-unsaturated/α-hetero) is 1. The number of nitrogens with zero attached hydrogens (tertiary/aromatic N) is 4. The number of aromatic nitrogens is 2. The molecule has 1 saturated heterocycles. The Labute approximate surface area is 185 Å². The highest BCUT2D eigenvalue weighted by atomic mass is 19.1. The molecule has 1 amide bonds. The van der Waals surface area contributed by atoms with Crippen molar-refractivity contribution in [2.45, 2.75) is 19.4 Å². The molecular formula is C24H25FN4O3. The van der Waals surface area contributed by atoms with E-state index in [0.717, 1.165) is 0 Å². The number of aliphatic hydroxyl groups excluding tert-OH is 1. The predicted molar refractivity (Wildman–Crippen MR) is 119 cm³/mol. The quantitative estimate of drug-likeness (QED) is 0.365. The van der Waals surface area contributed by atoms with E-state index in [2.05, 4.69) is 4.98 Å². The first-order chi connectivity index (χ1) is 15.3. The summed E-state index contributed by atoms with van der Waals surface area (Å²) in [5.41, 5.74) is 1.45. The first kappa shape index (κ1) is 21.7. The van der Waals surface area contributed by atoms with E-state index in [1.165, 1.54) is 11.0 Å². The van der Waals surface area contributed by atoms with Gasteiger partial charge in [0.15, 0.2) is 5.76 Å². The summed E-state index contributed by atoms with van der Waals surface area (Å²) in [6.45, 7) is 2.66. The molecule has 0 unspecified atom stereocenters. The maximum Gasteiger partial charge on any atom is 0.295 e. The van der Waals surface area contributed by atoms with Crippen molar-refractivity contribution < 1.29 is 19.1 Å². The van der Waals surface area contributed by atoms with Gasteiger partial charge in [-0.05, 0) is 52.2 Å². The largest absolute Gasteiger partial charge is 0.505 e. The molecule has 1 aromatic carbocycles. The molecule has 8 heteroatoms. The van der Waals surface area contributed by atoms with Gasteiger partial charge in [-0.15, -0.1) is 0 Å². The summed E-state index contributed by atoms with van der Waals surface area (Å²) in [4.78, 5) is 33.9. The van der Waals surface area contributed by atoms with Gasteiger partial charge >= 0.3 is 0 Å². The molecule has 0 saturated carbocycles. The van der Waals surface area contributed by atoms with Crippen LogP contribution in [0.25, 0.3) is 11.4 Å². The van der Waals surface area contributed by atoms with Crippen molar-refractivity contribution in [2.75, 3.05) is 27.2 Å². The van der Waals surface area contributed by atoms with E-state index in [0.29, 0.717) is 30.0 Å². The average Bonchev–Trinajstić information content (AvgIpc) is 3.22. The van der Waals surface area contributed by atoms with Gasteiger partial charge in [0.2, 0.25) is 0 Å². The highest BCUT2D eigenvalue weighted by molar-refractivity contribution is 6.46. The molecule has 4 rings (SSSR count). The molecule has 1 aliphatic rings. The minimum Gasteiger partial charge on any atom is -0.505 e. The van der Waals surface area contributed by atoms with Crippen LogP contribution in [0.3, 0.4) is 0 Å². The van der Waals surface area contributed by atoms with Crippen molar-refractivity contribution >= 4 is 23.1 Å². The number of halogens is 1. The van der Waals surface area contributed by atoms with Crippen LogP contribution in [0.4, 0.5) is 4.39 Å². The van der Waals surface area contributed by atoms with Gasteiger partial charge in [-0.2, -0.15) is 0 Å². The second-order valence-corrected chi connectivity index (χ2v) is 8.15. The molecule has 32 heavy (non-hydrogen) atoms. The number of hydrogen-bond acceptors (Lipinski definition) is 5. The Balaban J connectivity index is 1.90. The van der Waals surface area contributed by atoms with E-state index in [1.54, 1.807) is 47.9 Å². The summed E-state index contributed by atoms with van der Waals surface area (Å²) in [6, 6.07) is 10.4. The normalized spacial score (nSPS) is 18.3. The van der Waals surface area contributed by atoms with E-state index < -0.39 is 23.5 Å². The molecule has 0 radical (unpaired) electrons. The minimum atomic E-state index is -1.02. The highest BCUT2D eigenvalue weighted by Crippen LogP contribution is 2.40. The lowest BCUT2D eigenvalue weighted by atomic mass is 9.95. The Bertz CT molecular complexity index is 1230. The molecule has 1 aliphatic heterocycles. The van der Waals surface area contributed by atoms with Crippen molar-refractivity contribution in [3.8, 4) is 0 Å². The number of hydrogen-bond donors (Lipinski definition) is 1. The minimum absolute atomic E-state index is 0.126. The van der Waals surface area contributed by atoms with Crippen molar-refractivity contribution in [1.29, 1.82) is 0 Å². The van der Waals surface area contributed by atoms with Gasteiger partial charge in [-0.25, -0.2) is 9.37 Å². The maximum atomic E-state index is 14.9. The second kappa shape index (κ2) is 8.55. The van der Waals surface area contributed by atoms with Gasteiger partial charge < -0.3 is 14.9 Å². The molecular weight excluding hydrogens is 411 g/mol. The molecule has 7 nitrogen and oxygen atoms in total. The van der Waals surface area contributed by atoms with Gasteiger partial charge in [0.25, 0.3) is 11.7 Å². The van der Waals surface area contributed by atoms with Gasteiger partial charge in [0.1, 0.15) is 17.2 Å². The number of aryl methyl sites for hydroxylation is 1. The molecule has 1 fully saturated rings. The third kappa shape index (κ3) is 3.67. The summed E-state index contributed by atoms with van der Waals surface area (Å²) < 4.78 is 16.5. The number of amides is 1. The first-order valence-corrected chi connectivity index (χ1v) is 10.4. The Morgan fingerprint density at radius 2 is 1.88 bits per heavy atom. The fourth-order valence-electron chi connectivity index (χ4n) is 4.21. The van der Waals surface area contributed by atoms with E-state index >= 15 is 0 Å². The molecule has 3 heterocycles. The topological polar surface area (TPSA) is 78.1 Å². The molecule has 1 N–H and O–H groups in total. The highest BCUT2D eigenvalue weighted by Gasteiger charge is 2.47. The van der Waals surface area contributed by atoms with E-state index in [1.807, 2.05) is 25.1 Å². The summed E-state index contributed by atoms with van der Waals surface area (Å²) >= 11 is 0. The number of carbonyl (C=O) groups is 2. The fourth-order valence-corrected chi connectivity index (χ4v) is 4.21. The van der Waals surface area contributed by atoms with Crippen LogP contribution in [0.5, 0.6) is 0 Å². The van der Waals surface area contributed by atoms with Crippen molar-refractivity contribution in [3.63, 3.8) is 0 Å². The number of rotatable bonds is 6. The summed E-state index contributed by atoms with van der Waals surface area (Å²) in [5.74, 6) is -2.48. The number of carbonyl (C=O) groups excluding carboxylic acids is 2. The van der Waals surface area contributed by atoms with Crippen LogP contribution in [0.2, 0.25) is 0 Å². The summed E-state index contributed by atoms with van der Waals surface area (Å²) in [7, 11) is 3.83. The number of fused-ring (bicyclic) bond motifs is 1. The molecule has 2 aromatic heterocycles. The van der Waals surface area contributed by atoms with Crippen LogP contribution in [-0.4, -0.2) is 63.2 Å². The van der Waals surface area contributed by atoms with Gasteiger partial charge in [0, 0.05) is 18.3 Å². The molecule has 166 valence electrons. The maximum absolute atomic E-state index is 14.9. The number of imidazole rings is 1. The third-order valence-corrected chi connectivity index (χ3v) is 5.67. The van der Waals surface area contributed by atoms with Gasteiger partial charge in [-0.1, -0.05) is 24.3 Å². The number of ketones is 1. The van der Waals surface area contributed by atoms with Crippen LogP contribution >= 0.6 is 0 Å². The fraction of sp³-hybridized carbons (Fsp3) is 0.292. The molecule has 0 spiro atoms. The van der Waals surface area contributed by atoms with Crippen LogP contribution in [-0.2, 0) is 9.59 Å². The average molecular weight is 436 g/mol. The Hall–Kier alpha value is -3.52. The van der Waals surface area contributed by atoms with Gasteiger partial charge in [0.05, 0.1) is 17.3 Å². The lowest BCUT2D eigenvalue weighted by molar-refractivity contribution is -0.140. The lowest BCUT2D eigenvalue weighted by Crippen LogP contribution is -2.32. The lowest BCUT2D eigenvalue weighted by Gasteiger charge is -2.26. The zero-order valence-corrected chi connectivity index (χ0v) is 18.2. The van der Waals surface area contributed by atoms with Crippen molar-refractivity contribution in [3.05, 3.63) is 77.0 Å². The van der Waals surface area contributed by atoms with Crippen LogP contribution in [0, 0.1) is 12.7 Å². The standard InChI is InChI=1S/C24H25FN4O3/c1-15-20(28-13-7-6-11-18(28)26-15)22(30)19-21(16-9-4-5-10-17(16)25)29(24(32)23(19)31)14-8-12-27(2)3/h4-7,9-11,13,21,30H,8,12,14H2,1-3H3/b22-19+/t21-/m1/s1. The number of pyridine rings is 1. The zero-order chi connectivity index (χ0) is 23.0. The zero-order valence-electron chi connectivity index (χ0n) is 18.2. The second-order valence-electron chi connectivity index (χ2n) is 8.15. The van der Waals surface area contributed by atoms with E-state index in [4.69, 9.17) is 0 Å². The van der Waals surface area contributed by atoms with Crippen LogP contribution in [0.15, 0.2) is 54.2 Å².